The highest BCUT2D eigenvalue weighted by Crippen LogP contribution is 2.25. The summed E-state index contributed by atoms with van der Waals surface area (Å²) in [7, 11) is -3.53. The van der Waals surface area contributed by atoms with E-state index in [1.165, 1.54) is 18.2 Å². The van der Waals surface area contributed by atoms with E-state index in [0.29, 0.717) is 10.2 Å². The second kappa shape index (κ2) is 4.91. The molecule has 84 valence electrons. The van der Waals surface area contributed by atoms with Crippen LogP contribution in [0, 0.1) is 5.82 Å². The normalized spacial score (nSPS) is 11.4. The Kier molecular flexibility index (Phi) is 4.06. The van der Waals surface area contributed by atoms with Crippen LogP contribution in [0.2, 0.25) is 0 Å². The number of halogens is 2. The maximum absolute atomic E-state index is 12.7. The van der Waals surface area contributed by atoms with Crippen LogP contribution in [0.4, 0.5) is 4.39 Å². The standard InChI is InChI=1S/C8H9BrFNO3S/c9-7-5-6(10)1-2-8(7)14-3-4-15(11,12)13/h1-2,5H,3-4H2,(H2,11,12,13). The maximum atomic E-state index is 12.7. The van der Waals surface area contributed by atoms with Crippen LogP contribution in [0.1, 0.15) is 0 Å². The van der Waals surface area contributed by atoms with Gasteiger partial charge in [-0.2, -0.15) is 0 Å². The summed E-state index contributed by atoms with van der Waals surface area (Å²) >= 11 is 3.08. The average molecular weight is 298 g/mol. The quantitative estimate of drug-likeness (QED) is 0.909. The van der Waals surface area contributed by atoms with Gasteiger partial charge in [-0.1, -0.05) is 0 Å². The Morgan fingerprint density at radius 1 is 1.47 bits per heavy atom. The van der Waals surface area contributed by atoms with Crippen molar-refractivity contribution < 1.29 is 17.5 Å². The molecule has 0 fully saturated rings. The molecule has 1 rings (SSSR count). The molecular formula is C8H9BrFNO3S. The summed E-state index contributed by atoms with van der Waals surface area (Å²) in [4.78, 5) is 0. The van der Waals surface area contributed by atoms with Crippen LogP contribution < -0.4 is 9.88 Å². The summed E-state index contributed by atoms with van der Waals surface area (Å²) in [5.74, 6) is -0.308. The zero-order valence-corrected chi connectivity index (χ0v) is 10.0. The van der Waals surface area contributed by atoms with Gasteiger partial charge in [-0.3, -0.25) is 0 Å². The van der Waals surface area contributed by atoms with Crippen LogP contribution in [0.5, 0.6) is 5.75 Å². The molecule has 1 aromatic carbocycles. The van der Waals surface area contributed by atoms with E-state index in [2.05, 4.69) is 15.9 Å². The largest absolute Gasteiger partial charge is 0.491 e. The van der Waals surface area contributed by atoms with Crippen molar-refractivity contribution in [1.29, 1.82) is 0 Å². The number of benzene rings is 1. The molecule has 0 aliphatic heterocycles. The Balaban J connectivity index is 2.59. The van der Waals surface area contributed by atoms with E-state index in [4.69, 9.17) is 9.88 Å². The van der Waals surface area contributed by atoms with Crippen molar-refractivity contribution >= 4 is 26.0 Å². The topological polar surface area (TPSA) is 69.4 Å². The van der Waals surface area contributed by atoms with Crippen molar-refractivity contribution in [3.63, 3.8) is 0 Å². The monoisotopic (exact) mass is 297 g/mol. The van der Waals surface area contributed by atoms with Crippen LogP contribution in [-0.2, 0) is 10.0 Å². The lowest BCUT2D eigenvalue weighted by atomic mass is 10.3. The molecule has 0 atom stereocenters. The Morgan fingerprint density at radius 2 is 2.13 bits per heavy atom. The third kappa shape index (κ3) is 4.59. The van der Waals surface area contributed by atoms with Gasteiger partial charge in [0.1, 0.15) is 18.2 Å². The van der Waals surface area contributed by atoms with Crippen molar-refractivity contribution in [2.45, 2.75) is 0 Å². The smallest absolute Gasteiger partial charge is 0.212 e. The Labute approximate surface area is 95.4 Å². The van der Waals surface area contributed by atoms with Crippen LogP contribution in [-0.4, -0.2) is 20.8 Å². The SMILES string of the molecule is NS(=O)(=O)CCOc1ccc(F)cc1Br. The molecular weight excluding hydrogens is 289 g/mol. The maximum Gasteiger partial charge on any atom is 0.212 e. The Hall–Kier alpha value is -0.660. The fourth-order valence-electron chi connectivity index (χ4n) is 0.860. The Bertz CT molecular complexity index is 449. The van der Waals surface area contributed by atoms with Crippen molar-refractivity contribution in [2.75, 3.05) is 12.4 Å². The van der Waals surface area contributed by atoms with Gasteiger partial charge in [-0.05, 0) is 34.1 Å². The van der Waals surface area contributed by atoms with Crippen LogP contribution >= 0.6 is 15.9 Å². The molecule has 0 bridgehead atoms. The van der Waals surface area contributed by atoms with Crippen molar-refractivity contribution in [3.05, 3.63) is 28.5 Å². The molecule has 4 nitrogen and oxygen atoms in total. The second-order valence-corrected chi connectivity index (χ2v) is 5.38. The fraction of sp³-hybridized carbons (Fsp3) is 0.250. The third-order valence-electron chi connectivity index (χ3n) is 1.52. The number of nitrogens with two attached hydrogens (primary N) is 1. The van der Waals surface area contributed by atoms with Crippen LogP contribution in [0.15, 0.2) is 22.7 Å². The molecule has 0 spiro atoms. The van der Waals surface area contributed by atoms with Gasteiger partial charge in [-0.25, -0.2) is 17.9 Å². The molecule has 0 radical (unpaired) electrons. The minimum absolute atomic E-state index is 0.0664. The highest BCUT2D eigenvalue weighted by atomic mass is 79.9. The van der Waals surface area contributed by atoms with E-state index in [9.17, 15) is 12.8 Å². The molecule has 0 aromatic heterocycles. The summed E-state index contributed by atoms with van der Waals surface area (Å²) in [6.45, 7) is -0.0664. The summed E-state index contributed by atoms with van der Waals surface area (Å²) in [6.07, 6.45) is 0. The van der Waals surface area contributed by atoms with E-state index in [1.807, 2.05) is 0 Å². The molecule has 0 saturated heterocycles. The average Bonchev–Trinajstić information content (AvgIpc) is 2.07. The lowest BCUT2D eigenvalue weighted by Gasteiger charge is -2.06. The van der Waals surface area contributed by atoms with E-state index < -0.39 is 15.8 Å². The minimum atomic E-state index is -3.53. The summed E-state index contributed by atoms with van der Waals surface area (Å²) in [5.41, 5.74) is 0. The van der Waals surface area contributed by atoms with Gasteiger partial charge in [-0.15, -0.1) is 0 Å². The van der Waals surface area contributed by atoms with E-state index in [-0.39, 0.29) is 12.4 Å². The fourth-order valence-corrected chi connectivity index (χ4v) is 1.64. The van der Waals surface area contributed by atoms with Crippen LogP contribution in [0.3, 0.4) is 0 Å². The lowest BCUT2D eigenvalue weighted by Crippen LogP contribution is -2.21. The predicted octanol–water partition coefficient (Wildman–Crippen LogP) is 1.26. The highest BCUT2D eigenvalue weighted by molar-refractivity contribution is 9.10. The number of hydrogen-bond acceptors (Lipinski definition) is 3. The number of sulfonamides is 1. The van der Waals surface area contributed by atoms with Gasteiger partial charge >= 0.3 is 0 Å². The molecule has 0 aliphatic rings. The predicted molar refractivity (Wildman–Crippen MR) is 57.6 cm³/mol. The van der Waals surface area contributed by atoms with E-state index in [1.54, 1.807) is 0 Å². The Morgan fingerprint density at radius 3 is 2.67 bits per heavy atom. The molecule has 0 saturated carbocycles. The molecule has 0 aliphatic carbocycles. The van der Waals surface area contributed by atoms with Crippen molar-refractivity contribution in [1.82, 2.24) is 0 Å². The first kappa shape index (κ1) is 12.4. The zero-order chi connectivity index (χ0) is 11.5. The molecule has 7 heteroatoms. The van der Waals surface area contributed by atoms with Crippen molar-refractivity contribution in [3.8, 4) is 5.75 Å². The number of rotatable bonds is 4. The van der Waals surface area contributed by atoms with Gasteiger partial charge in [0, 0.05) is 0 Å². The summed E-state index contributed by atoms with van der Waals surface area (Å²) in [6, 6.07) is 3.85. The lowest BCUT2D eigenvalue weighted by molar-refractivity contribution is 0.338. The highest BCUT2D eigenvalue weighted by Gasteiger charge is 2.05. The van der Waals surface area contributed by atoms with Gasteiger partial charge in [0.15, 0.2) is 0 Å². The molecule has 0 unspecified atom stereocenters. The number of hydrogen-bond donors (Lipinski definition) is 1. The zero-order valence-electron chi connectivity index (χ0n) is 7.61. The second-order valence-electron chi connectivity index (χ2n) is 2.79. The molecule has 0 heterocycles. The molecule has 0 amide bonds. The molecule has 15 heavy (non-hydrogen) atoms. The van der Waals surface area contributed by atoms with E-state index >= 15 is 0 Å². The van der Waals surface area contributed by atoms with Gasteiger partial charge in [0.2, 0.25) is 10.0 Å². The van der Waals surface area contributed by atoms with Gasteiger partial charge < -0.3 is 4.74 Å². The first-order valence-corrected chi connectivity index (χ1v) is 6.47. The first-order chi connectivity index (χ1) is 6.88. The molecule has 1 aromatic rings. The first-order valence-electron chi connectivity index (χ1n) is 3.97. The third-order valence-corrected chi connectivity index (χ3v) is 2.87. The molecule has 2 N–H and O–H groups in total. The van der Waals surface area contributed by atoms with Crippen LogP contribution in [0.25, 0.3) is 0 Å². The minimum Gasteiger partial charge on any atom is -0.491 e. The number of primary sulfonamides is 1. The van der Waals surface area contributed by atoms with E-state index in [0.717, 1.165) is 0 Å². The van der Waals surface area contributed by atoms with Gasteiger partial charge in [0.05, 0.1) is 10.2 Å². The summed E-state index contributed by atoms with van der Waals surface area (Å²) < 4.78 is 39.4. The number of ether oxygens (including phenoxy) is 1. The van der Waals surface area contributed by atoms with Gasteiger partial charge in [0.25, 0.3) is 0 Å². The van der Waals surface area contributed by atoms with Crippen molar-refractivity contribution in [2.24, 2.45) is 5.14 Å². The summed E-state index contributed by atoms with van der Waals surface area (Å²) in [5, 5.41) is 4.78.